The van der Waals surface area contributed by atoms with E-state index in [-0.39, 0.29) is 0 Å². The van der Waals surface area contributed by atoms with Crippen LogP contribution >= 0.6 is 11.3 Å². The van der Waals surface area contributed by atoms with Gasteiger partial charge in [0.2, 0.25) is 0 Å². The first-order valence-corrected chi connectivity index (χ1v) is 6.21. The second-order valence-corrected chi connectivity index (χ2v) is 4.63. The zero-order valence-electron chi connectivity index (χ0n) is 8.73. The van der Waals surface area contributed by atoms with Crippen LogP contribution in [0.15, 0.2) is 47.8 Å². The third kappa shape index (κ3) is 3.50. The number of rotatable bonds is 5. The average molecular weight is 218 g/mol. The maximum Gasteiger partial charge on any atom is 0.111 e. The Bertz CT molecular complexity index is 367. The molecule has 1 aromatic heterocycles. The van der Waals surface area contributed by atoms with E-state index in [1.807, 2.05) is 11.3 Å². The van der Waals surface area contributed by atoms with Crippen LogP contribution in [0.25, 0.3) is 0 Å². The monoisotopic (exact) mass is 218 g/mol. The van der Waals surface area contributed by atoms with Crippen LogP contribution in [0.4, 0.5) is 0 Å². The SMILES string of the molecule is c1ccc(CC[NH2+]Cc2cccs2)cc1. The van der Waals surface area contributed by atoms with Crippen LogP contribution in [0, 0.1) is 0 Å². The van der Waals surface area contributed by atoms with Gasteiger partial charge in [0.25, 0.3) is 0 Å². The van der Waals surface area contributed by atoms with Crippen LogP contribution in [-0.2, 0) is 13.0 Å². The Morgan fingerprint density at radius 3 is 2.60 bits per heavy atom. The topological polar surface area (TPSA) is 16.6 Å². The van der Waals surface area contributed by atoms with Gasteiger partial charge in [-0.1, -0.05) is 36.4 Å². The standard InChI is InChI=1S/C13H15NS/c1-2-5-12(6-3-1)8-9-14-11-13-7-4-10-15-13/h1-7,10,14H,8-9,11H2/p+1. The Balaban J connectivity index is 1.68. The van der Waals surface area contributed by atoms with Crippen molar-refractivity contribution in [2.24, 2.45) is 0 Å². The molecule has 0 bridgehead atoms. The summed E-state index contributed by atoms with van der Waals surface area (Å²) in [5.74, 6) is 0. The zero-order chi connectivity index (χ0) is 10.3. The van der Waals surface area contributed by atoms with Crippen LogP contribution in [0.5, 0.6) is 0 Å². The minimum absolute atomic E-state index is 1.12. The molecule has 1 aromatic carbocycles. The van der Waals surface area contributed by atoms with Gasteiger partial charge in [-0.3, -0.25) is 0 Å². The molecule has 0 spiro atoms. The first-order chi connectivity index (χ1) is 7.45. The summed E-state index contributed by atoms with van der Waals surface area (Å²) in [4.78, 5) is 1.46. The van der Waals surface area contributed by atoms with E-state index in [9.17, 15) is 0 Å². The molecule has 0 saturated carbocycles. The number of thiophene rings is 1. The van der Waals surface area contributed by atoms with Gasteiger partial charge in [-0.05, 0) is 17.0 Å². The molecule has 0 radical (unpaired) electrons. The van der Waals surface area contributed by atoms with Gasteiger partial charge in [0.15, 0.2) is 0 Å². The molecular weight excluding hydrogens is 202 g/mol. The predicted octanol–water partition coefficient (Wildman–Crippen LogP) is 2.05. The fourth-order valence-electron chi connectivity index (χ4n) is 1.59. The van der Waals surface area contributed by atoms with Crippen molar-refractivity contribution in [3.05, 3.63) is 58.3 Å². The smallest absolute Gasteiger partial charge is 0.111 e. The molecule has 0 unspecified atom stereocenters. The Morgan fingerprint density at radius 2 is 1.87 bits per heavy atom. The lowest BCUT2D eigenvalue weighted by molar-refractivity contribution is -0.669. The fourth-order valence-corrected chi connectivity index (χ4v) is 2.29. The van der Waals surface area contributed by atoms with Crippen molar-refractivity contribution in [1.29, 1.82) is 0 Å². The third-order valence-corrected chi connectivity index (χ3v) is 3.30. The summed E-state index contributed by atoms with van der Waals surface area (Å²) in [6.07, 6.45) is 1.16. The molecule has 0 aliphatic rings. The van der Waals surface area contributed by atoms with E-state index >= 15 is 0 Å². The second-order valence-electron chi connectivity index (χ2n) is 3.60. The van der Waals surface area contributed by atoms with Crippen molar-refractivity contribution in [2.75, 3.05) is 6.54 Å². The lowest BCUT2D eigenvalue weighted by Crippen LogP contribution is -2.82. The Labute approximate surface area is 94.8 Å². The summed E-state index contributed by atoms with van der Waals surface area (Å²) in [5, 5.41) is 4.51. The molecule has 2 N–H and O–H groups in total. The number of hydrogen-bond donors (Lipinski definition) is 1. The minimum Gasteiger partial charge on any atom is -0.342 e. The largest absolute Gasteiger partial charge is 0.342 e. The molecule has 0 aliphatic heterocycles. The molecule has 2 rings (SSSR count). The van der Waals surface area contributed by atoms with Gasteiger partial charge in [-0.2, -0.15) is 0 Å². The quantitative estimate of drug-likeness (QED) is 0.740. The van der Waals surface area contributed by atoms with Gasteiger partial charge in [-0.15, -0.1) is 11.3 Å². The normalized spacial score (nSPS) is 10.4. The molecule has 0 fully saturated rings. The predicted molar refractivity (Wildman–Crippen MR) is 65.0 cm³/mol. The lowest BCUT2D eigenvalue weighted by atomic mass is 10.1. The fraction of sp³-hybridized carbons (Fsp3) is 0.231. The Kier molecular flexibility index (Phi) is 3.94. The van der Waals surface area contributed by atoms with Crippen molar-refractivity contribution in [2.45, 2.75) is 13.0 Å². The highest BCUT2D eigenvalue weighted by molar-refractivity contribution is 7.09. The van der Waals surface area contributed by atoms with E-state index in [0.717, 1.165) is 13.0 Å². The van der Waals surface area contributed by atoms with Crippen molar-refractivity contribution < 1.29 is 5.32 Å². The Morgan fingerprint density at radius 1 is 1.00 bits per heavy atom. The summed E-state index contributed by atoms with van der Waals surface area (Å²) < 4.78 is 0. The highest BCUT2D eigenvalue weighted by Gasteiger charge is 1.96. The summed E-state index contributed by atoms with van der Waals surface area (Å²) in [6.45, 7) is 2.28. The maximum absolute atomic E-state index is 2.37. The van der Waals surface area contributed by atoms with Crippen molar-refractivity contribution in [1.82, 2.24) is 0 Å². The molecule has 1 nitrogen and oxygen atoms in total. The molecule has 0 saturated heterocycles. The second kappa shape index (κ2) is 5.69. The van der Waals surface area contributed by atoms with E-state index in [2.05, 4.69) is 53.2 Å². The molecule has 0 atom stereocenters. The zero-order valence-corrected chi connectivity index (χ0v) is 9.54. The summed E-state index contributed by atoms with van der Waals surface area (Å²) in [7, 11) is 0. The number of benzene rings is 1. The molecular formula is C13H16NS+. The molecule has 1 heterocycles. The molecule has 78 valence electrons. The molecule has 15 heavy (non-hydrogen) atoms. The summed E-state index contributed by atoms with van der Waals surface area (Å²) in [6, 6.07) is 15.0. The number of quaternary nitrogens is 1. The van der Waals surface area contributed by atoms with Crippen LogP contribution in [0.1, 0.15) is 10.4 Å². The van der Waals surface area contributed by atoms with Crippen LogP contribution in [-0.4, -0.2) is 6.54 Å². The van der Waals surface area contributed by atoms with Crippen molar-refractivity contribution >= 4 is 11.3 Å². The van der Waals surface area contributed by atoms with Gasteiger partial charge < -0.3 is 5.32 Å². The number of nitrogens with two attached hydrogens (primary N) is 1. The van der Waals surface area contributed by atoms with Crippen LogP contribution < -0.4 is 5.32 Å². The lowest BCUT2D eigenvalue weighted by Gasteiger charge is -2.00. The van der Waals surface area contributed by atoms with Crippen LogP contribution in [0.2, 0.25) is 0 Å². The average Bonchev–Trinajstić information content (AvgIpc) is 2.79. The highest BCUT2D eigenvalue weighted by Crippen LogP contribution is 2.05. The third-order valence-electron chi connectivity index (χ3n) is 2.41. The molecule has 2 heteroatoms. The van der Waals surface area contributed by atoms with E-state index in [1.165, 1.54) is 17.0 Å². The minimum atomic E-state index is 1.12. The first-order valence-electron chi connectivity index (χ1n) is 5.33. The van der Waals surface area contributed by atoms with Crippen molar-refractivity contribution in [3.63, 3.8) is 0 Å². The molecule has 2 aromatic rings. The van der Waals surface area contributed by atoms with E-state index in [1.54, 1.807) is 0 Å². The molecule has 0 aliphatic carbocycles. The summed E-state index contributed by atoms with van der Waals surface area (Å²) >= 11 is 1.84. The van der Waals surface area contributed by atoms with Crippen molar-refractivity contribution in [3.8, 4) is 0 Å². The van der Waals surface area contributed by atoms with Crippen LogP contribution in [0.3, 0.4) is 0 Å². The van der Waals surface area contributed by atoms with E-state index < -0.39 is 0 Å². The maximum atomic E-state index is 2.37. The number of hydrogen-bond acceptors (Lipinski definition) is 1. The van der Waals surface area contributed by atoms with Gasteiger partial charge in [0, 0.05) is 6.42 Å². The van der Waals surface area contributed by atoms with E-state index in [4.69, 9.17) is 0 Å². The van der Waals surface area contributed by atoms with Gasteiger partial charge in [-0.25, -0.2) is 0 Å². The highest BCUT2D eigenvalue weighted by atomic mass is 32.1. The van der Waals surface area contributed by atoms with Gasteiger partial charge in [0.05, 0.1) is 11.4 Å². The molecule has 0 amide bonds. The van der Waals surface area contributed by atoms with Gasteiger partial charge >= 0.3 is 0 Å². The van der Waals surface area contributed by atoms with E-state index in [0.29, 0.717) is 0 Å². The van der Waals surface area contributed by atoms with Gasteiger partial charge in [0.1, 0.15) is 6.54 Å². The Hall–Kier alpha value is -1.12. The summed E-state index contributed by atoms with van der Waals surface area (Å²) in [5.41, 5.74) is 1.43. The first kappa shape index (κ1) is 10.4.